The smallest absolute Gasteiger partial charge is 0.279 e. The molecule has 0 aliphatic carbocycles. The molecular weight excluding hydrogens is 504 g/mol. The second-order valence-corrected chi connectivity index (χ2v) is 7.64. The highest BCUT2D eigenvalue weighted by atomic mass is 127. The number of aliphatic hydroxyl groups is 2. The van der Waals surface area contributed by atoms with Crippen LogP contribution in [0.2, 0.25) is 0 Å². The Morgan fingerprint density at radius 1 is 1.21 bits per heavy atom. The van der Waals surface area contributed by atoms with Crippen LogP contribution in [-0.4, -0.2) is 46.5 Å². The third-order valence-electron chi connectivity index (χ3n) is 3.80. The van der Waals surface area contributed by atoms with Gasteiger partial charge in [-0.15, -0.1) is 0 Å². The Balaban J connectivity index is 2.43. The summed E-state index contributed by atoms with van der Waals surface area (Å²) >= 11 is 1.90. The van der Waals surface area contributed by atoms with E-state index in [2.05, 4.69) is 5.32 Å². The molecule has 3 N–H and O–H groups in total. The zero-order valence-electron chi connectivity index (χ0n) is 15.6. The number of hydroxylamine groups is 2. The summed E-state index contributed by atoms with van der Waals surface area (Å²) in [6.45, 7) is 2.24. The van der Waals surface area contributed by atoms with Gasteiger partial charge in [0.05, 0.1) is 29.6 Å². The van der Waals surface area contributed by atoms with Crippen LogP contribution in [0.3, 0.4) is 0 Å². The van der Waals surface area contributed by atoms with Gasteiger partial charge in [-0.2, -0.15) is 0 Å². The molecule has 0 aromatic heterocycles. The maximum Gasteiger partial charge on any atom is 0.279 e. The number of hydrogen-bond donors (Lipinski definition) is 3. The molecule has 6 nitrogen and oxygen atoms in total. The molecule has 0 heterocycles. The first-order valence-corrected chi connectivity index (χ1v) is 9.69. The average Bonchev–Trinajstić information content (AvgIpc) is 2.66. The third kappa shape index (κ3) is 5.81. The Hall–Kier alpha value is -1.89. The SMILES string of the molecule is CC(C)N(OC[C@H](O)CO)C(=O)c1ccc(F)c(F)c1Nc1ccc(I)cc1F. The van der Waals surface area contributed by atoms with Gasteiger partial charge in [0.25, 0.3) is 5.91 Å². The largest absolute Gasteiger partial charge is 0.394 e. The molecule has 158 valence electrons. The van der Waals surface area contributed by atoms with Crippen molar-refractivity contribution < 1.29 is 33.0 Å². The van der Waals surface area contributed by atoms with Gasteiger partial charge in [-0.3, -0.25) is 9.63 Å². The number of rotatable bonds is 8. The quantitative estimate of drug-likeness (QED) is 0.364. The minimum Gasteiger partial charge on any atom is -0.394 e. The van der Waals surface area contributed by atoms with E-state index in [1.54, 1.807) is 19.9 Å². The molecule has 29 heavy (non-hydrogen) atoms. The number of carbonyl (C=O) groups is 1. The van der Waals surface area contributed by atoms with Crippen LogP contribution in [-0.2, 0) is 4.84 Å². The lowest BCUT2D eigenvalue weighted by Gasteiger charge is -2.27. The molecule has 1 amide bonds. The molecule has 0 unspecified atom stereocenters. The second-order valence-electron chi connectivity index (χ2n) is 6.39. The number of aliphatic hydroxyl groups excluding tert-OH is 2. The lowest BCUT2D eigenvalue weighted by atomic mass is 10.1. The fourth-order valence-electron chi connectivity index (χ4n) is 2.36. The van der Waals surface area contributed by atoms with Crippen LogP contribution < -0.4 is 5.32 Å². The third-order valence-corrected chi connectivity index (χ3v) is 4.47. The van der Waals surface area contributed by atoms with Crippen molar-refractivity contribution in [2.24, 2.45) is 0 Å². The van der Waals surface area contributed by atoms with Crippen LogP contribution in [0.1, 0.15) is 24.2 Å². The normalized spacial score (nSPS) is 12.2. The average molecular weight is 524 g/mol. The van der Waals surface area contributed by atoms with Crippen molar-refractivity contribution >= 4 is 39.9 Å². The van der Waals surface area contributed by atoms with E-state index in [1.165, 1.54) is 12.1 Å². The Morgan fingerprint density at radius 3 is 2.48 bits per heavy atom. The van der Waals surface area contributed by atoms with Crippen molar-refractivity contribution in [2.75, 3.05) is 18.5 Å². The van der Waals surface area contributed by atoms with Gasteiger partial charge in [0.2, 0.25) is 0 Å². The minimum atomic E-state index is -1.35. The van der Waals surface area contributed by atoms with E-state index in [0.29, 0.717) is 3.57 Å². The van der Waals surface area contributed by atoms with Crippen molar-refractivity contribution in [3.63, 3.8) is 0 Å². The molecule has 1 atom stereocenters. The Labute approximate surface area is 179 Å². The van der Waals surface area contributed by atoms with E-state index in [-0.39, 0.29) is 11.3 Å². The molecule has 0 radical (unpaired) electrons. The van der Waals surface area contributed by atoms with Gasteiger partial charge in [0, 0.05) is 3.57 Å². The first kappa shape index (κ1) is 23.4. The number of anilines is 2. The summed E-state index contributed by atoms with van der Waals surface area (Å²) in [5.41, 5.74) is -0.988. The van der Waals surface area contributed by atoms with Crippen LogP contribution >= 0.6 is 22.6 Å². The Morgan fingerprint density at radius 2 is 1.90 bits per heavy atom. The number of nitrogens with one attached hydrogen (secondary N) is 1. The first-order valence-electron chi connectivity index (χ1n) is 8.61. The molecule has 0 saturated carbocycles. The van der Waals surface area contributed by atoms with Crippen LogP contribution in [0.15, 0.2) is 30.3 Å². The summed E-state index contributed by atoms with van der Waals surface area (Å²) in [7, 11) is 0. The number of carbonyl (C=O) groups excluding carboxylic acids is 1. The molecular formula is C19H20F3IN2O4. The fourth-order valence-corrected chi connectivity index (χ4v) is 2.81. The van der Waals surface area contributed by atoms with Crippen molar-refractivity contribution in [3.8, 4) is 0 Å². The highest BCUT2D eigenvalue weighted by molar-refractivity contribution is 14.1. The summed E-state index contributed by atoms with van der Waals surface area (Å²) in [5, 5.41) is 21.6. The van der Waals surface area contributed by atoms with Crippen LogP contribution in [0.25, 0.3) is 0 Å². The highest BCUT2D eigenvalue weighted by Gasteiger charge is 2.27. The van der Waals surface area contributed by atoms with Gasteiger partial charge in [-0.05, 0) is 66.8 Å². The standard InChI is InChI=1S/C19H20F3IN2O4/c1-10(2)25(29-9-12(27)8-26)19(28)13-4-5-14(20)17(22)18(13)24-16-6-3-11(23)7-15(16)21/h3-7,10,12,24,26-27H,8-9H2,1-2H3/t12-/m1/s1. The highest BCUT2D eigenvalue weighted by Crippen LogP contribution is 2.29. The van der Waals surface area contributed by atoms with Crippen molar-refractivity contribution in [2.45, 2.75) is 26.0 Å². The minimum absolute atomic E-state index is 0.142. The summed E-state index contributed by atoms with van der Waals surface area (Å²) in [4.78, 5) is 18.2. The number of hydrogen-bond acceptors (Lipinski definition) is 5. The van der Waals surface area contributed by atoms with Gasteiger partial charge in [-0.25, -0.2) is 18.2 Å². The maximum atomic E-state index is 14.5. The second kappa shape index (κ2) is 10.2. The Kier molecular flexibility index (Phi) is 8.25. The summed E-state index contributed by atoms with van der Waals surface area (Å²) in [6, 6.07) is 5.38. The lowest BCUT2D eigenvalue weighted by molar-refractivity contribution is -0.165. The van der Waals surface area contributed by atoms with E-state index in [1.807, 2.05) is 22.6 Å². The van der Waals surface area contributed by atoms with Crippen molar-refractivity contribution in [1.29, 1.82) is 0 Å². The van der Waals surface area contributed by atoms with E-state index in [4.69, 9.17) is 9.94 Å². The molecule has 0 bridgehead atoms. The molecule has 0 spiro atoms. The molecule has 2 rings (SSSR count). The molecule has 10 heteroatoms. The molecule has 0 aliphatic heterocycles. The van der Waals surface area contributed by atoms with E-state index < -0.39 is 54.4 Å². The van der Waals surface area contributed by atoms with Crippen molar-refractivity contribution in [3.05, 3.63) is 56.9 Å². The van der Waals surface area contributed by atoms with E-state index in [9.17, 15) is 23.1 Å². The van der Waals surface area contributed by atoms with Gasteiger partial charge in [0.15, 0.2) is 11.6 Å². The van der Waals surface area contributed by atoms with Crippen molar-refractivity contribution in [1.82, 2.24) is 5.06 Å². The van der Waals surface area contributed by atoms with Gasteiger partial charge in [-0.1, -0.05) is 0 Å². The molecule has 2 aromatic rings. The molecule has 0 fully saturated rings. The number of nitrogens with zero attached hydrogens (tertiary/aromatic N) is 1. The topological polar surface area (TPSA) is 82.0 Å². The zero-order valence-corrected chi connectivity index (χ0v) is 17.8. The van der Waals surface area contributed by atoms with Gasteiger partial charge < -0.3 is 15.5 Å². The van der Waals surface area contributed by atoms with Crippen LogP contribution in [0, 0.1) is 21.0 Å². The summed E-state index contributed by atoms with van der Waals surface area (Å²) < 4.78 is 43.1. The molecule has 0 aliphatic rings. The number of benzene rings is 2. The predicted molar refractivity (Wildman–Crippen MR) is 109 cm³/mol. The van der Waals surface area contributed by atoms with Crippen LogP contribution in [0.4, 0.5) is 24.5 Å². The van der Waals surface area contributed by atoms with Gasteiger partial charge >= 0.3 is 0 Å². The zero-order chi connectivity index (χ0) is 21.7. The Bertz CT molecular complexity index is 883. The number of amides is 1. The van der Waals surface area contributed by atoms with E-state index in [0.717, 1.165) is 17.2 Å². The number of halogens is 4. The maximum absolute atomic E-state index is 14.5. The summed E-state index contributed by atoms with van der Waals surface area (Å²) in [6.07, 6.45) is -1.23. The molecule has 2 aromatic carbocycles. The molecule has 0 saturated heterocycles. The fraction of sp³-hybridized carbons (Fsp3) is 0.316. The van der Waals surface area contributed by atoms with Gasteiger partial charge in [0.1, 0.15) is 18.5 Å². The summed E-state index contributed by atoms with van der Waals surface area (Å²) in [5.74, 6) is -4.12. The lowest BCUT2D eigenvalue weighted by Crippen LogP contribution is -2.40. The van der Waals surface area contributed by atoms with E-state index >= 15 is 0 Å². The first-order chi connectivity index (χ1) is 13.6. The predicted octanol–water partition coefficient (Wildman–Crippen LogP) is 3.59. The monoisotopic (exact) mass is 524 g/mol. The van der Waals surface area contributed by atoms with Crippen LogP contribution in [0.5, 0.6) is 0 Å².